The lowest BCUT2D eigenvalue weighted by Crippen LogP contribution is -2.42. The fourth-order valence-corrected chi connectivity index (χ4v) is 2.11. The summed E-state index contributed by atoms with van der Waals surface area (Å²) < 4.78 is 5.43. The van der Waals surface area contributed by atoms with Gasteiger partial charge >= 0.3 is 0 Å². The van der Waals surface area contributed by atoms with Gasteiger partial charge in [0, 0.05) is 31.7 Å². The molecular formula is C13H23N5O. The highest BCUT2D eigenvalue weighted by molar-refractivity contribution is 5.47. The third-order valence-electron chi connectivity index (χ3n) is 2.99. The topological polar surface area (TPSA) is 71.1 Å². The minimum absolute atomic E-state index is 0.442. The van der Waals surface area contributed by atoms with Crippen LogP contribution in [0, 0.1) is 6.92 Å². The largest absolute Gasteiger partial charge is 0.379 e. The van der Waals surface area contributed by atoms with E-state index in [9.17, 15) is 0 Å². The highest BCUT2D eigenvalue weighted by Crippen LogP contribution is 2.11. The zero-order valence-corrected chi connectivity index (χ0v) is 11.7. The smallest absolute Gasteiger partial charge is 0.131 e. The van der Waals surface area contributed by atoms with Gasteiger partial charge in [0.25, 0.3) is 0 Å². The molecule has 1 aromatic heterocycles. The molecule has 2 rings (SSSR count). The Hall–Kier alpha value is -1.40. The van der Waals surface area contributed by atoms with E-state index < -0.39 is 0 Å². The molecule has 2 heterocycles. The van der Waals surface area contributed by atoms with Gasteiger partial charge in [0.15, 0.2) is 0 Å². The first-order valence-corrected chi connectivity index (χ1v) is 6.92. The van der Waals surface area contributed by atoms with Crippen molar-refractivity contribution in [1.82, 2.24) is 15.3 Å². The van der Waals surface area contributed by atoms with Crippen LogP contribution >= 0.6 is 0 Å². The van der Waals surface area contributed by atoms with Gasteiger partial charge in [0.1, 0.15) is 17.5 Å². The number of anilines is 2. The van der Waals surface area contributed by atoms with Crippen molar-refractivity contribution >= 4 is 11.6 Å². The molecule has 1 fully saturated rings. The molecule has 0 aromatic carbocycles. The van der Waals surface area contributed by atoms with Crippen molar-refractivity contribution in [1.29, 1.82) is 0 Å². The van der Waals surface area contributed by atoms with Gasteiger partial charge in [-0.25, -0.2) is 9.97 Å². The van der Waals surface area contributed by atoms with Crippen LogP contribution < -0.4 is 16.0 Å². The molecule has 106 valence electrons. The Morgan fingerprint density at radius 3 is 2.84 bits per heavy atom. The minimum Gasteiger partial charge on any atom is -0.379 e. The lowest BCUT2D eigenvalue weighted by atomic mass is 10.2. The van der Waals surface area contributed by atoms with Crippen LogP contribution in [0.4, 0.5) is 11.6 Å². The molecule has 6 heteroatoms. The molecule has 0 saturated carbocycles. The Morgan fingerprint density at radius 1 is 1.37 bits per heavy atom. The summed E-state index contributed by atoms with van der Waals surface area (Å²) in [5.74, 6) is 2.52. The average molecular weight is 265 g/mol. The Bertz CT molecular complexity index is 393. The predicted octanol–water partition coefficient (Wildman–Crippen LogP) is 1.01. The van der Waals surface area contributed by atoms with Gasteiger partial charge in [-0.15, -0.1) is 0 Å². The Morgan fingerprint density at radius 2 is 2.16 bits per heavy atom. The third-order valence-corrected chi connectivity index (χ3v) is 2.99. The van der Waals surface area contributed by atoms with E-state index in [4.69, 9.17) is 4.74 Å². The number of hydrogen-bond acceptors (Lipinski definition) is 6. The van der Waals surface area contributed by atoms with Crippen molar-refractivity contribution in [3.8, 4) is 0 Å². The van der Waals surface area contributed by atoms with Crippen LogP contribution in [0.25, 0.3) is 0 Å². The Labute approximate surface area is 114 Å². The first kappa shape index (κ1) is 14.0. The molecule has 6 nitrogen and oxygen atoms in total. The molecule has 19 heavy (non-hydrogen) atoms. The van der Waals surface area contributed by atoms with Gasteiger partial charge < -0.3 is 20.7 Å². The fourth-order valence-electron chi connectivity index (χ4n) is 2.11. The molecule has 1 atom stereocenters. The van der Waals surface area contributed by atoms with Crippen molar-refractivity contribution in [2.45, 2.75) is 26.3 Å². The molecule has 0 amide bonds. The van der Waals surface area contributed by atoms with E-state index in [1.54, 1.807) is 0 Å². The van der Waals surface area contributed by atoms with Crippen molar-refractivity contribution in [2.75, 3.05) is 43.5 Å². The van der Waals surface area contributed by atoms with E-state index in [0.29, 0.717) is 6.04 Å². The van der Waals surface area contributed by atoms with Crippen LogP contribution in [0.5, 0.6) is 0 Å². The molecule has 3 N–H and O–H groups in total. The van der Waals surface area contributed by atoms with Crippen LogP contribution in [-0.4, -0.2) is 48.9 Å². The van der Waals surface area contributed by atoms with Gasteiger partial charge in [0.2, 0.25) is 0 Å². The second-order valence-electron chi connectivity index (χ2n) is 4.66. The van der Waals surface area contributed by atoms with Crippen LogP contribution in [-0.2, 0) is 4.74 Å². The number of nitrogens with one attached hydrogen (secondary N) is 3. The van der Waals surface area contributed by atoms with Crippen molar-refractivity contribution in [3.05, 3.63) is 11.9 Å². The maximum Gasteiger partial charge on any atom is 0.131 e. The average Bonchev–Trinajstić information content (AvgIpc) is 2.40. The van der Waals surface area contributed by atoms with Crippen LogP contribution in [0.15, 0.2) is 6.07 Å². The van der Waals surface area contributed by atoms with Crippen LogP contribution in [0.2, 0.25) is 0 Å². The number of aryl methyl sites for hydroxylation is 1. The number of hydrogen-bond donors (Lipinski definition) is 3. The first-order valence-electron chi connectivity index (χ1n) is 6.92. The third kappa shape index (κ3) is 4.65. The standard InChI is InChI=1S/C13H23N5O/c1-3-14-12-8-13(18-10(2)17-12)16-5-4-11-9-19-7-6-15-11/h8,11,15H,3-7,9H2,1-2H3,(H2,14,16,17,18). The molecule has 0 bridgehead atoms. The van der Waals surface area contributed by atoms with Gasteiger partial charge in [-0.1, -0.05) is 0 Å². The quantitative estimate of drug-likeness (QED) is 0.713. The predicted molar refractivity (Wildman–Crippen MR) is 76.6 cm³/mol. The summed E-state index contributed by atoms with van der Waals surface area (Å²) in [6.07, 6.45) is 1.03. The number of nitrogens with zero attached hydrogens (tertiary/aromatic N) is 2. The summed E-state index contributed by atoms with van der Waals surface area (Å²) >= 11 is 0. The second kappa shape index (κ2) is 7.25. The molecule has 0 aliphatic carbocycles. The summed E-state index contributed by atoms with van der Waals surface area (Å²) in [6.45, 7) is 8.26. The molecule has 1 aliphatic rings. The van der Waals surface area contributed by atoms with E-state index in [1.165, 1.54) is 0 Å². The van der Waals surface area contributed by atoms with E-state index >= 15 is 0 Å². The Kier molecular flexibility index (Phi) is 5.35. The normalized spacial score (nSPS) is 19.2. The number of ether oxygens (including phenoxy) is 1. The number of aromatic nitrogens is 2. The van der Waals surface area contributed by atoms with Crippen LogP contribution in [0.3, 0.4) is 0 Å². The molecule has 1 unspecified atom stereocenters. The zero-order chi connectivity index (χ0) is 13.5. The fraction of sp³-hybridized carbons (Fsp3) is 0.692. The lowest BCUT2D eigenvalue weighted by molar-refractivity contribution is 0.0753. The first-order chi connectivity index (χ1) is 9.28. The Balaban J connectivity index is 1.81. The molecule has 1 saturated heterocycles. The summed E-state index contributed by atoms with van der Waals surface area (Å²) in [4.78, 5) is 8.71. The SMILES string of the molecule is CCNc1cc(NCCC2COCCN2)nc(C)n1. The van der Waals surface area contributed by atoms with E-state index in [-0.39, 0.29) is 0 Å². The molecule has 1 aliphatic heterocycles. The van der Waals surface area contributed by atoms with Gasteiger partial charge in [-0.2, -0.15) is 0 Å². The van der Waals surface area contributed by atoms with E-state index in [0.717, 1.165) is 56.7 Å². The molecule has 0 radical (unpaired) electrons. The van der Waals surface area contributed by atoms with E-state index in [2.05, 4.69) is 32.8 Å². The zero-order valence-electron chi connectivity index (χ0n) is 11.7. The monoisotopic (exact) mass is 265 g/mol. The number of morpholine rings is 1. The van der Waals surface area contributed by atoms with Crippen molar-refractivity contribution < 1.29 is 4.74 Å². The second-order valence-corrected chi connectivity index (χ2v) is 4.66. The minimum atomic E-state index is 0.442. The molecular weight excluding hydrogens is 242 g/mol. The highest BCUT2D eigenvalue weighted by Gasteiger charge is 2.12. The summed E-state index contributed by atoms with van der Waals surface area (Å²) in [5.41, 5.74) is 0. The van der Waals surface area contributed by atoms with Crippen LogP contribution in [0.1, 0.15) is 19.2 Å². The van der Waals surface area contributed by atoms with Crippen molar-refractivity contribution in [2.24, 2.45) is 0 Å². The maximum absolute atomic E-state index is 5.43. The maximum atomic E-state index is 5.43. The summed E-state index contributed by atoms with van der Waals surface area (Å²) in [7, 11) is 0. The van der Waals surface area contributed by atoms with Gasteiger partial charge in [-0.3, -0.25) is 0 Å². The highest BCUT2D eigenvalue weighted by atomic mass is 16.5. The molecule has 0 spiro atoms. The van der Waals surface area contributed by atoms with E-state index in [1.807, 2.05) is 13.0 Å². The van der Waals surface area contributed by atoms with Gasteiger partial charge in [0.05, 0.1) is 13.2 Å². The molecule has 1 aromatic rings. The number of rotatable bonds is 6. The summed E-state index contributed by atoms with van der Waals surface area (Å²) in [6, 6.07) is 2.39. The summed E-state index contributed by atoms with van der Waals surface area (Å²) in [5, 5.41) is 9.99. The lowest BCUT2D eigenvalue weighted by Gasteiger charge is -2.23. The van der Waals surface area contributed by atoms with Gasteiger partial charge in [-0.05, 0) is 20.3 Å². The van der Waals surface area contributed by atoms with Crippen molar-refractivity contribution in [3.63, 3.8) is 0 Å².